The summed E-state index contributed by atoms with van der Waals surface area (Å²) >= 11 is 2.92. The topological polar surface area (TPSA) is 52.8 Å². The van der Waals surface area contributed by atoms with Crippen LogP contribution in [-0.4, -0.2) is 24.3 Å². The first-order chi connectivity index (χ1) is 9.10. The van der Waals surface area contributed by atoms with E-state index in [2.05, 4.69) is 16.3 Å². The van der Waals surface area contributed by atoms with Crippen LogP contribution in [0.5, 0.6) is 0 Å². The van der Waals surface area contributed by atoms with Gasteiger partial charge in [0.1, 0.15) is 5.82 Å². The van der Waals surface area contributed by atoms with E-state index in [0.717, 1.165) is 9.47 Å². The van der Waals surface area contributed by atoms with Crippen LogP contribution >= 0.6 is 23.1 Å². The van der Waals surface area contributed by atoms with Crippen LogP contribution in [0.3, 0.4) is 0 Å². The van der Waals surface area contributed by atoms with Gasteiger partial charge in [0, 0.05) is 19.8 Å². The maximum atomic E-state index is 13.2. The number of halogens is 1. The van der Waals surface area contributed by atoms with Crippen molar-refractivity contribution in [1.29, 1.82) is 5.26 Å². The molecule has 1 heterocycles. The molecule has 0 fully saturated rings. The summed E-state index contributed by atoms with van der Waals surface area (Å²) in [5.41, 5.74) is 1.17. The molecule has 0 amide bonds. The summed E-state index contributed by atoms with van der Waals surface area (Å²) in [6.07, 6.45) is 0. The molecule has 1 aromatic heterocycles. The fourth-order valence-electron chi connectivity index (χ4n) is 1.37. The first-order valence-electron chi connectivity index (χ1n) is 5.42. The summed E-state index contributed by atoms with van der Waals surface area (Å²) < 4.78 is 14.0. The molecule has 0 aliphatic heterocycles. The first kappa shape index (κ1) is 13.8. The molecule has 0 unspecified atom stereocenters. The lowest BCUT2D eigenvalue weighted by molar-refractivity contribution is 0.626. The van der Waals surface area contributed by atoms with Crippen molar-refractivity contribution in [2.75, 3.05) is 19.0 Å². The molecule has 98 valence electrons. The van der Waals surface area contributed by atoms with Crippen molar-refractivity contribution in [3.8, 4) is 6.07 Å². The highest BCUT2D eigenvalue weighted by Crippen LogP contribution is 2.30. The fraction of sp³-hybridized carbons (Fsp3) is 0.250. The molecule has 0 spiro atoms. The Morgan fingerprint density at radius 3 is 2.84 bits per heavy atom. The van der Waals surface area contributed by atoms with Crippen molar-refractivity contribution in [3.05, 3.63) is 35.1 Å². The predicted molar refractivity (Wildman–Crippen MR) is 74.9 cm³/mol. The van der Waals surface area contributed by atoms with Gasteiger partial charge in [-0.1, -0.05) is 23.1 Å². The van der Waals surface area contributed by atoms with Crippen molar-refractivity contribution in [3.63, 3.8) is 0 Å². The van der Waals surface area contributed by atoms with Gasteiger partial charge in [-0.25, -0.2) is 4.39 Å². The van der Waals surface area contributed by atoms with Gasteiger partial charge in [0.15, 0.2) is 4.34 Å². The van der Waals surface area contributed by atoms with Crippen LogP contribution in [0.25, 0.3) is 0 Å². The lowest BCUT2D eigenvalue weighted by atomic mass is 10.1. The smallest absolute Gasteiger partial charge is 0.208 e. The third-order valence-corrected chi connectivity index (χ3v) is 4.59. The summed E-state index contributed by atoms with van der Waals surface area (Å²) in [6, 6.07) is 6.24. The molecule has 0 N–H and O–H groups in total. The highest BCUT2D eigenvalue weighted by Gasteiger charge is 2.09. The normalized spacial score (nSPS) is 10.2. The van der Waals surface area contributed by atoms with Gasteiger partial charge < -0.3 is 4.90 Å². The number of hydrogen-bond donors (Lipinski definition) is 0. The zero-order valence-corrected chi connectivity index (χ0v) is 12.1. The van der Waals surface area contributed by atoms with Crippen LogP contribution in [0.1, 0.15) is 11.1 Å². The zero-order chi connectivity index (χ0) is 13.8. The minimum absolute atomic E-state index is 0.333. The molecule has 4 nitrogen and oxygen atoms in total. The summed E-state index contributed by atoms with van der Waals surface area (Å²) in [5.74, 6) is 0.170. The van der Waals surface area contributed by atoms with E-state index >= 15 is 0 Å². The molecular weight excluding hydrogens is 283 g/mol. The van der Waals surface area contributed by atoms with E-state index in [4.69, 9.17) is 5.26 Å². The van der Waals surface area contributed by atoms with Crippen LogP contribution in [0.15, 0.2) is 22.5 Å². The van der Waals surface area contributed by atoms with Crippen molar-refractivity contribution < 1.29 is 4.39 Å². The molecule has 1 aromatic carbocycles. The van der Waals surface area contributed by atoms with E-state index < -0.39 is 0 Å². The SMILES string of the molecule is CN(C)c1nnc(SCc2cc(F)ccc2C#N)s1. The van der Waals surface area contributed by atoms with Crippen molar-refractivity contribution in [2.45, 2.75) is 10.1 Å². The Morgan fingerprint density at radius 2 is 2.21 bits per heavy atom. The second-order valence-electron chi connectivity index (χ2n) is 3.95. The molecule has 0 saturated carbocycles. The van der Waals surface area contributed by atoms with E-state index in [9.17, 15) is 4.39 Å². The fourth-order valence-corrected chi connectivity index (χ4v) is 3.13. The first-order valence-corrected chi connectivity index (χ1v) is 7.22. The number of aromatic nitrogens is 2. The Labute approximate surface area is 118 Å². The monoisotopic (exact) mass is 294 g/mol. The second-order valence-corrected chi connectivity index (χ2v) is 6.13. The molecule has 0 aliphatic rings. The van der Waals surface area contributed by atoms with Crippen LogP contribution in [0, 0.1) is 17.1 Å². The molecule has 2 aromatic rings. The number of rotatable bonds is 4. The molecular formula is C12H11FN4S2. The summed E-state index contributed by atoms with van der Waals surface area (Å²) in [6.45, 7) is 0. The van der Waals surface area contributed by atoms with Crippen molar-refractivity contribution in [2.24, 2.45) is 0 Å². The van der Waals surface area contributed by atoms with Gasteiger partial charge in [-0.3, -0.25) is 0 Å². The number of hydrogen-bond acceptors (Lipinski definition) is 6. The van der Waals surface area contributed by atoms with Crippen LogP contribution in [0.4, 0.5) is 9.52 Å². The number of anilines is 1. The maximum absolute atomic E-state index is 13.2. The standard InChI is InChI=1S/C12H11FN4S2/c1-17(2)11-15-16-12(19-11)18-7-9-5-10(13)4-3-8(9)6-14/h3-5H,7H2,1-2H3. The molecule has 2 rings (SSSR count). The number of nitriles is 1. The average Bonchev–Trinajstić information content (AvgIpc) is 2.85. The number of thioether (sulfide) groups is 1. The Kier molecular flexibility index (Phi) is 4.35. The van der Waals surface area contributed by atoms with E-state index in [1.807, 2.05) is 19.0 Å². The van der Waals surface area contributed by atoms with Gasteiger partial charge >= 0.3 is 0 Å². The quantitative estimate of drug-likeness (QED) is 0.812. The lowest BCUT2D eigenvalue weighted by Gasteiger charge is -2.04. The molecule has 0 atom stereocenters. The van der Waals surface area contributed by atoms with Gasteiger partial charge in [-0.05, 0) is 23.8 Å². The second kappa shape index (κ2) is 5.99. The van der Waals surface area contributed by atoms with Crippen molar-refractivity contribution in [1.82, 2.24) is 10.2 Å². The highest BCUT2D eigenvalue weighted by atomic mass is 32.2. The minimum Gasteiger partial charge on any atom is -0.353 e. The summed E-state index contributed by atoms with van der Waals surface area (Å²) in [7, 11) is 3.80. The highest BCUT2D eigenvalue weighted by molar-refractivity contribution is 8.00. The average molecular weight is 294 g/mol. The predicted octanol–water partition coefficient (Wildman–Crippen LogP) is 2.91. The maximum Gasteiger partial charge on any atom is 0.208 e. The Morgan fingerprint density at radius 1 is 1.42 bits per heavy atom. The van der Waals surface area contributed by atoms with Gasteiger partial charge in [-0.15, -0.1) is 10.2 Å². The van der Waals surface area contributed by atoms with E-state index in [-0.39, 0.29) is 5.82 Å². The third kappa shape index (κ3) is 3.43. The molecule has 0 aliphatic carbocycles. The van der Waals surface area contributed by atoms with Gasteiger partial charge in [-0.2, -0.15) is 5.26 Å². The number of nitrogens with zero attached hydrogens (tertiary/aromatic N) is 4. The van der Waals surface area contributed by atoms with Gasteiger partial charge in [0.25, 0.3) is 0 Å². The van der Waals surface area contributed by atoms with Crippen molar-refractivity contribution >= 4 is 28.2 Å². The van der Waals surface area contributed by atoms with Crippen LogP contribution in [-0.2, 0) is 5.75 Å². The van der Waals surface area contributed by atoms with Crippen LogP contribution in [0.2, 0.25) is 0 Å². The van der Waals surface area contributed by atoms with Crippen LogP contribution < -0.4 is 4.90 Å². The molecule has 0 saturated heterocycles. The largest absolute Gasteiger partial charge is 0.353 e. The van der Waals surface area contributed by atoms with Gasteiger partial charge in [0.2, 0.25) is 5.13 Å². The lowest BCUT2D eigenvalue weighted by Crippen LogP contribution is -2.07. The zero-order valence-electron chi connectivity index (χ0n) is 10.4. The third-order valence-electron chi connectivity index (χ3n) is 2.32. The molecule has 19 heavy (non-hydrogen) atoms. The van der Waals surface area contributed by atoms with E-state index in [0.29, 0.717) is 16.9 Å². The Bertz CT molecular complexity index is 618. The Hall–Kier alpha value is -1.65. The summed E-state index contributed by atoms with van der Waals surface area (Å²) in [4.78, 5) is 1.88. The van der Waals surface area contributed by atoms with E-state index in [1.165, 1.54) is 41.3 Å². The van der Waals surface area contributed by atoms with E-state index in [1.54, 1.807) is 0 Å². The minimum atomic E-state index is -0.333. The number of benzene rings is 1. The summed E-state index contributed by atoms with van der Waals surface area (Å²) in [5, 5.41) is 17.9. The van der Waals surface area contributed by atoms with Gasteiger partial charge in [0.05, 0.1) is 11.6 Å². The molecule has 0 bridgehead atoms. The Balaban J connectivity index is 2.10. The molecule has 7 heteroatoms. The molecule has 0 radical (unpaired) electrons.